The van der Waals surface area contributed by atoms with E-state index in [4.69, 9.17) is 0 Å². The number of aliphatic hydroxyl groups is 1. The molecule has 4 rings (SSSR count). The van der Waals surface area contributed by atoms with Crippen molar-refractivity contribution in [2.24, 2.45) is 0 Å². The van der Waals surface area contributed by atoms with Crippen LogP contribution < -0.4 is 4.90 Å². The molecule has 1 fully saturated rings. The molecule has 0 radical (unpaired) electrons. The second kappa shape index (κ2) is 7.80. The Morgan fingerprint density at radius 2 is 1.57 bits per heavy atom. The molecule has 0 spiro atoms. The average molecular weight is 464 g/mol. The zero-order valence-corrected chi connectivity index (χ0v) is 17.6. The fourth-order valence-corrected chi connectivity index (χ4v) is 3.91. The highest BCUT2D eigenvalue weighted by atomic mass is 79.9. The van der Waals surface area contributed by atoms with Gasteiger partial charge in [0.1, 0.15) is 11.5 Å². The number of phenols is 1. The van der Waals surface area contributed by atoms with E-state index in [1.807, 2.05) is 19.1 Å². The lowest BCUT2D eigenvalue weighted by molar-refractivity contribution is -0.132. The number of nitrogens with zero attached hydrogens (tertiary/aromatic N) is 1. The van der Waals surface area contributed by atoms with Crippen LogP contribution in [-0.2, 0) is 9.59 Å². The summed E-state index contributed by atoms with van der Waals surface area (Å²) in [6.45, 7) is 1.86. The number of anilines is 1. The van der Waals surface area contributed by atoms with Gasteiger partial charge in [-0.15, -0.1) is 0 Å². The van der Waals surface area contributed by atoms with Crippen molar-refractivity contribution in [1.29, 1.82) is 0 Å². The number of aromatic hydroxyl groups is 1. The normalized spacial score (nSPS) is 18.1. The lowest BCUT2D eigenvalue weighted by Crippen LogP contribution is -2.30. The number of carbonyl (C=O) groups excluding carboxylic acids is 2. The fraction of sp³-hybridized carbons (Fsp3) is 0.0833. The largest absolute Gasteiger partial charge is 0.508 e. The van der Waals surface area contributed by atoms with Crippen molar-refractivity contribution in [2.45, 2.75) is 13.0 Å². The molecule has 1 saturated heterocycles. The third kappa shape index (κ3) is 3.39. The highest BCUT2D eigenvalue weighted by Crippen LogP contribution is 2.43. The highest BCUT2D eigenvalue weighted by molar-refractivity contribution is 9.10. The van der Waals surface area contributed by atoms with Crippen molar-refractivity contribution < 1.29 is 19.8 Å². The summed E-state index contributed by atoms with van der Waals surface area (Å²) in [5, 5.41) is 20.7. The van der Waals surface area contributed by atoms with Crippen LogP contribution in [0.4, 0.5) is 5.69 Å². The van der Waals surface area contributed by atoms with Crippen LogP contribution in [0.2, 0.25) is 0 Å². The van der Waals surface area contributed by atoms with Crippen molar-refractivity contribution in [1.82, 2.24) is 0 Å². The molecule has 0 aliphatic carbocycles. The molecule has 0 bridgehead atoms. The molecule has 1 aliphatic rings. The fourth-order valence-electron chi connectivity index (χ4n) is 3.65. The van der Waals surface area contributed by atoms with Crippen molar-refractivity contribution in [3.8, 4) is 5.75 Å². The molecular weight excluding hydrogens is 446 g/mol. The van der Waals surface area contributed by atoms with Gasteiger partial charge in [-0.2, -0.15) is 0 Å². The minimum absolute atomic E-state index is 0.0104. The molecule has 150 valence electrons. The number of phenolic OH excluding ortho intramolecular Hbond substituents is 1. The molecule has 1 aliphatic heterocycles. The summed E-state index contributed by atoms with van der Waals surface area (Å²) < 4.78 is 0.828. The molecule has 3 aromatic carbocycles. The Labute approximate surface area is 182 Å². The Balaban J connectivity index is 1.96. The predicted octanol–water partition coefficient (Wildman–Crippen LogP) is 5.09. The minimum Gasteiger partial charge on any atom is -0.508 e. The maximum absolute atomic E-state index is 13.1. The van der Waals surface area contributed by atoms with Gasteiger partial charge in [0.2, 0.25) is 0 Å². The molecule has 1 unspecified atom stereocenters. The summed E-state index contributed by atoms with van der Waals surface area (Å²) in [6, 6.07) is 19.6. The SMILES string of the molecule is Cc1ccccc1N1C(=O)C(=O)/C(=C(/O)c2ccc(Br)cc2)C1c1ccc(O)cc1. The number of ketones is 1. The first kappa shape index (κ1) is 19.9. The van der Waals surface area contributed by atoms with E-state index < -0.39 is 17.7 Å². The van der Waals surface area contributed by atoms with Gasteiger partial charge in [0, 0.05) is 15.7 Å². The first-order valence-electron chi connectivity index (χ1n) is 9.30. The Morgan fingerprint density at radius 3 is 2.20 bits per heavy atom. The topological polar surface area (TPSA) is 77.8 Å². The van der Waals surface area contributed by atoms with Crippen molar-refractivity contribution in [2.75, 3.05) is 4.90 Å². The Bertz CT molecular complexity index is 1170. The second-order valence-electron chi connectivity index (χ2n) is 7.05. The number of hydrogen-bond acceptors (Lipinski definition) is 4. The van der Waals surface area contributed by atoms with E-state index >= 15 is 0 Å². The zero-order valence-electron chi connectivity index (χ0n) is 16.0. The first-order chi connectivity index (χ1) is 14.4. The summed E-state index contributed by atoms with van der Waals surface area (Å²) in [5.74, 6) is -1.63. The van der Waals surface area contributed by atoms with Gasteiger partial charge in [0.25, 0.3) is 11.7 Å². The molecule has 0 saturated carbocycles. The van der Waals surface area contributed by atoms with E-state index in [-0.39, 0.29) is 17.1 Å². The molecule has 1 atom stereocenters. The Kier molecular flexibility index (Phi) is 5.18. The molecule has 1 amide bonds. The van der Waals surface area contributed by atoms with Gasteiger partial charge in [-0.3, -0.25) is 14.5 Å². The lowest BCUT2D eigenvalue weighted by atomic mass is 9.95. The number of aryl methyl sites for hydroxylation is 1. The monoisotopic (exact) mass is 463 g/mol. The number of rotatable bonds is 3. The number of Topliss-reactive ketones (excluding diaryl/α,β-unsaturated/α-hetero) is 1. The van der Waals surface area contributed by atoms with Crippen molar-refractivity contribution >= 4 is 39.1 Å². The molecule has 0 aromatic heterocycles. The van der Waals surface area contributed by atoms with Crippen LogP contribution in [-0.4, -0.2) is 21.9 Å². The van der Waals surface area contributed by atoms with Crippen LogP contribution in [0.5, 0.6) is 5.75 Å². The van der Waals surface area contributed by atoms with Crippen LogP contribution in [0.3, 0.4) is 0 Å². The van der Waals surface area contributed by atoms with Crippen LogP contribution in [0.1, 0.15) is 22.7 Å². The smallest absolute Gasteiger partial charge is 0.300 e. The summed E-state index contributed by atoms with van der Waals surface area (Å²) in [4.78, 5) is 27.6. The summed E-state index contributed by atoms with van der Waals surface area (Å²) in [6.07, 6.45) is 0. The van der Waals surface area contributed by atoms with Gasteiger partial charge in [-0.1, -0.05) is 58.4 Å². The Morgan fingerprint density at radius 1 is 0.933 bits per heavy atom. The molecular formula is C24H18BrNO4. The van der Waals surface area contributed by atoms with Gasteiger partial charge in [0.15, 0.2) is 0 Å². The number of hydrogen-bond donors (Lipinski definition) is 2. The predicted molar refractivity (Wildman–Crippen MR) is 118 cm³/mol. The number of amides is 1. The molecule has 30 heavy (non-hydrogen) atoms. The van der Waals surface area contributed by atoms with Crippen LogP contribution in [0, 0.1) is 6.92 Å². The minimum atomic E-state index is -0.824. The molecule has 6 heteroatoms. The second-order valence-corrected chi connectivity index (χ2v) is 7.97. The number of carbonyl (C=O) groups is 2. The number of benzene rings is 3. The highest BCUT2D eigenvalue weighted by Gasteiger charge is 2.47. The van der Waals surface area contributed by atoms with Crippen LogP contribution in [0.25, 0.3) is 5.76 Å². The first-order valence-corrected chi connectivity index (χ1v) is 10.1. The molecule has 3 aromatic rings. The van der Waals surface area contributed by atoms with Gasteiger partial charge in [-0.05, 0) is 48.4 Å². The average Bonchev–Trinajstić information content (AvgIpc) is 3.00. The number of halogens is 1. The van der Waals surface area contributed by atoms with E-state index in [9.17, 15) is 19.8 Å². The van der Waals surface area contributed by atoms with E-state index in [0.717, 1.165) is 10.0 Å². The van der Waals surface area contributed by atoms with E-state index in [1.165, 1.54) is 17.0 Å². The molecule has 1 heterocycles. The van der Waals surface area contributed by atoms with E-state index in [0.29, 0.717) is 16.8 Å². The third-order valence-corrected chi connectivity index (χ3v) is 5.67. The lowest BCUT2D eigenvalue weighted by Gasteiger charge is -2.26. The van der Waals surface area contributed by atoms with Crippen LogP contribution >= 0.6 is 15.9 Å². The molecule has 5 nitrogen and oxygen atoms in total. The van der Waals surface area contributed by atoms with E-state index in [2.05, 4.69) is 15.9 Å². The maximum Gasteiger partial charge on any atom is 0.300 e. The summed E-state index contributed by atoms with van der Waals surface area (Å²) in [5.41, 5.74) is 2.47. The zero-order chi connectivity index (χ0) is 21.4. The van der Waals surface area contributed by atoms with Crippen molar-refractivity contribution in [3.63, 3.8) is 0 Å². The maximum atomic E-state index is 13.1. The number of para-hydroxylation sites is 1. The van der Waals surface area contributed by atoms with E-state index in [1.54, 1.807) is 48.5 Å². The number of aliphatic hydroxyl groups excluding tert-OH is 1. The summed E-state index contributed by atoms with van der Waals surface area (Å²) in [7, 11) is 0. The van der Waals surface area contributed by atoms with Gasteiger partial charge >= 0.3 is 0 Å². The van der Waals surface area contributed by atoms with Gasteiger partial charge in [-0.25, -0.2) is 0 Å². The molecule has 2 N–H and O–H groups in total. The quantitative estimate of drug-likeness (QED) is 0.322. The standard InChI is InChI=1S/C24H18BrNO4/c1-14-4-2-3-5-19(14)26-21(15-8-12-18(27)13-9-15)20(23(29)24(26)30)22(28)16-6-10-17(25)11-7-16/h2-13,21,27-28H,1H3/b22-20+. The third-order valence-electron chi connectivity index (χ3n) is 5.15. The van der Waals surface area contributed by atoms with Crippen LogP contribution in [0.15, 0.2) is 82.8 Å². The van der Waals surface area contributed by atoms with Gasteiger partial charge < -0.3 is 10.2 Å². The van der Waals surface area contributed by atoms with Crippen molar-refractivity contribution in [3.05, 3.63) is 99.5 Å². The van der Waals surface area contributed by atoms with Gasteiger partial charge in [0.05, 0.1) is 11.6 Å². The Hall–Kier alpha value is -3.38. The summed E-state index contributed by atoms with van der Waals surface area (Å²) >= 11 is 3.35.